The second-order valence-electron chi connectivity index (χ2n) is 4.52. The lowest BCUT2D eigenvalue weighted by Gasteiger charge is -2.16. The highest BCUT2D eigenvalue weighted by molar-refractivity contribution is 5.92. The van der Waals surface area contributed by atoms with Gasteiger partial charge in [-0.2, -0.15) is 4.98 Å². The number of nitrogens with one attached hydrogen (secondary N) is 1. The van der Waals surface area contributed by atoms with Gasteiger partial charge in [-0.3, -0.25) is 0 Å². The molecule has 1 N–H and O–H groups in total. The normalized spacial score (nSPS) is 11.6. The Morgan fingerprint density at radius 1 is 1.14 bits per heavy atom. The first kappa shape index (κ1) is 14.8. The van der Waals surface area contributed by atoms with E-state index >= 15 is 0 Å². The van der Waals surface area contributed by atoms with E-state index in [-0.39, 0.29) is 11.9 Å². The van der Waals surface area contributed by atoms with Crippen LogP contribution in [0.2, 0.25) is 0 Å². The van der Waals surface area contributed by atoms with Gasteiger partial charge in [-0.15, -0.1) is 0 Å². The molecule has 1 aromatic carbocycles. The molecule has 0 aliphatic carbocycles. The fourth-order valence-electron chi connectivity index (χ4n) is 1.99. The summed E-state index contributed by atoms with van der Waals surface area (Å²) in [4.78, 5) is 15.9. The number of carbonyl (C=O) groups is 1. The monoisotopic (exact) mass is 286 g/mol. The molecular weight excluding hydrogens is 268 g/mol. The third-order valence-corrected chi connectivity index (χ3v) is 3.12. The predicted octanol–water partition coefficient (Wildman–Crippen LogP) is 3.05. The first-order chi connectivity index (χ1) is 10.2. The van der Waals surface area contributed by atoms with Crippen molar-refractivity contribution in [3.8, 4) is 5.88 Å². The van der Waals surface area contributed by atoms with E-state index in [1.54, 1.807) is 12.1 Å². The van der Waals surface area contributed by atoms with Gasteiger partial charge in [-0.05, 0) is 24.6 Å². The smallest absolute Gasteiger partial charge is 0.343 e. The number of hydrogen-bond donors (Lipinski definition) is 1. The Hall–Kier alpha value is -2.56. The molecule has 21 heavy (non-hydrogen) atoms. The number of esters is 1. The average Bonchev–Trinajstić information content (AvgIpc) is 2.54. The summed E-state index contributed by atoms with van der Waals surface area (Å²) in [7, 11) is 2.80. The number of benzene rings is 1. The molecule has 0 saturated heterocycles. The molecule has 1 heterocycles. The number of carbonyl (C=O) groups excluding carboxylic acids is 1. The molecular formula is C16H18N2O3. The van der Waals surface area contributed by atoms with Gasteiger partial charge in [0, 0.05) is 6.04 Å². The van der Waals surface area contributed by atoms with E-state index in [0.717, 1.165) is 5.56 Å². The summed E-state index contributed by atoms with van der Waals surface area (Å²) >= 11 is 0. The number of anilines is 1. The highest BCUT2D eigenvalue weighted by Gasteiger charge is 2.15. The minimum absolute atomic E-state index is 0.0902. The summed E-state index contributed by atoms with van der Waals surface area (Å²) < 4.78 is 9.83. The third-order valence-electron chi connectivity index (χ3n) is 3.12. The highest BCUT2D eigenvalue weighted by atomic mass is 16.5. The standard InChI is InChI=1S/C16H18N2O3/c1-11(12-7-5-4-6-8-12)17-14-10-9-13(16(19)21-3)15(18-14)20-2/h4-11H,1-3H3,(H,17,18). The van der Waals surface area contributed by atoms with Gasteiger partial charge in [-0.1, -0.05) is 30.3 Å². The van der Waals surface area contributed by atoms with Crippen molar-refractivity contribution in [2.45, 2.75) is 13.0 Å². The largest absolute Gasteiger partial charge is 0.480 e. The SMILES string of the molecule is COC(=O)c1ccc(NC(C)c2ccccc2)nc1OC. The maximum Gasteiger partial charge on any atom is 0.343 e. The summed E-state index contributed by atoms with van der Waals surface area (Å²) in [6, 6.07) is 13.5. The predicted molar refractivity (Wildman–Crippen MR) is 80.6 cm³/mol. The van der Waals surface area contributed by atoms with Crippen molar-refractivity contribution in [2.24, 2.45) is 0 Å². The number of hydrogen-bond acceptors (Lipinski definition) is 5. The molecule has 5 heteroatoms. The van der Waals surface area contributed by atoms with Crippen molar-refractivity contribution >= 4 is 11.8 Å². The molecule has 1 unspecified atom stereocenters. The molecule has 1 aromatic heterocycles. The summed E-state index contributed by atoms with van der Waals surface area (Å²) in [5.74, 6) is 0.407. The maximum atomic E-state index is 11.6. The number of methoxy groups -OCH3 is 2. The van der Waals surface area contributed by atoms with Gasteiger partial charge in [-0.25, -0.2) is 4.79 Å². The molecule has 0 saturated carbocycles. The molecule has 0 fully saturated rings. The minimum atomic E-state index is -0.470. The molecule has 0 aliphatic heterocycles. The first-order valence-electron chi connectivity index (χ1n) is 6.60. The first-order valence-corrected chi connectivity index (χ1v) is 6.60. The van der Waals surface area contributed by atoms with Crippen LogP contribution >= 0.6 is 0 Å². The van der Waals surface area contributed by atoms with Crippen LogP contribution in [-0.2, 0) is 4.74 Å². The van der Waals surface area contributed by atoms with Crippen LogP contribution in [0.15, 0.2) is 42.5 Å². The Kier molecular flexibility index (Phi) is 4.77. The average molecular weight is 286 g/mol. The number of ether oxygens (including phenoxy) is 2. The van der Waals surface area contributed by atoms with Crippen LogP contribution in [0.4, 0.5) is 5.82 Å². The lowest BCUT2D eigenvalue weighted by atomic mass is 10.1. The molecule has 0 amide bonds. The van der Waals surface area contributed by atoms with Crippen LogP contribution in [0.1, 0.15) is 28.9 Å². The van der Waals surface area contributed by atoms with E-state index in [4.69, 9.17) is 4.74 Å². The highest BCUT2D eigenvalue weighted by Crippen LogP contribution is 2.22. The van der Waals surface area contributed by atoms with E-state index in [2.05, 4.69) is 15.0 Å². The zero-order valence-corrected chi connectivity index (χ0v) is 12.3. The molecule has 0 spiro atoms. The van der Waals surface area contributed by atoms with Crippen molar-refractivity contribution < 1.29 is 14.3 Å². The minimum Gasteiger partial charge on any atom is -0.480 e. The zero-order chi connectivity index (χ0) is 15.2. The zero-order valence-electron chi connectivity index (χ0n) is 12.3. The Labute approximate surface area is 123 Å². The lowest BCUT2D eigenvalue weighted by Crippen LogP contribution is -2.10. The van der Waals surface area contributed by atoms with Gasteiger partial charge >= 0.3 is 5.97 Å². The van der Waals surface area contributed by atoms with E-state index in [1.165, 1.54) is 14.2 Å². The van der Waals surface area contributed by atoms with Gasteiger partial charge in [0.2, 0.25) is 5.88 Å². The number of pyridine rings is 1. The van der Waals surface area contributed by atoms with Crippen LogP contribution in [0, 0.1) is 0 Å². The molecule has 0 bridgehead atoms. The second-order valence-corrected chi connectivity index (χ2v) is 4.52. The van der Waals surface area contributed by atoms with E-state index < -0.39 is 5.97 Å². The van der Waals surface area contributed by atoms with Gasteiger partial charge in [0.05, 0.1) is 14.2 Å². The quantitative estimate of drug-likeness (QED) is 0.856. The summed E-state index contributed by atoms with van der Waals surface area (Å²) in [6.07, 6.45) is 0. The van der Waals surface area contributed by atoms with E-state index in [1.807, 2.05) is 37.3 Å². The van der Waals surface area contributed by atoms with Crippen LogP contribution in [0.5, 0.6) is 5.88 Å². The lowest BCUT2D eigenvalue weighted by molar-refractivity contribution is 0.0596. The molecule has 0 aliphatic rings. The fraction of sp³-hybridized carbons (Fsp3) is 0.250. The van der Waals surface area contributed by atoms with E-state index in [9.17, 15) is 4.79 Å². The van der Waals surface area contributed by atoms with Crippen molar-refractivity contribution in [3.05, 3.63) is 53.6 Å². The van der Waals surface area contributed by atoms with Crippen molar-refractivity contribution in [1.29, 1.82) is 0 Å². The Balaban J connectivity index is 2.20. The Bertz CT molecular complexity index is 614. The molecule has 2 rings (SSSR count). The van der Waals surface area contributed by atoms with Gasteiger partial charge in [0.15, 0.2) is 0 Å². The number of aromatic nitrogens is 1. The van der Waals surface area contributed by atoms with Crippen molar-refractivity contribution in [3.63, 3.8) is 0 Å². The second kappa shape index (κ2) is 6.74. The van der Waals surface area contributed by atoms with Crippen LogP contribution in [0.3, 0.4) is 0 Å². The Morgan fingerprint density at radius 3 is 2.48 bits per heavy atom. The molecule has 110 valence electrons. The van der Waals surface area contributed by atoms with Gasteiger partial charge in [0.25, 0.3) is 0 Å². The Morgan fingerprint density at radius 2 is 1.86 bits per heavy atom. The molecule has 5 nitrogen and oxygen atoms in total. The van der Waals surface area contributed by atoms with Crippen molar-refractivity contribution in [1.82, 2.24) is 4.98 Å². The van der Waals surface area contributed by atoms with Crippen LogP contribution in [-0.4, -0.2) is 25.2 Å². The summed E-state index contributed by atoms with van der Waals surface area (Å²) in [5, 5.41) is 3.27. The van der Waals surface area contributed by atoms with Gasteiger partial charge < -0.3 is 14.8 Å². The third kappa shape index (κ3) is 3.51. The summed E-state index contributed by atoms with van der Waals surface area (Å²) in [6.45, 7) is 2.04. The molecule has 1 atom stereocenters. The molecule has 2 aromatic rings. The summed E-state index contributed by atoms with van der Waals surface area (Å²) in [5.41, 5.74) is 1.45. The fourth-order valence-corrected chi connectivity index (χ4v) is 1.99. The topological polar surface area (TPSA) is 60.5 Å². The van der Waals surface area contributed by atoms with Crippen molar-refractivity contribution in [2.75, 3.05) is 19.5 Å². The maximum absolute atomic E-state index is 11.6. The van der Waals surface area contributed by atoms with Crippen LogP contribution in [0.25, 0.3) is 0 Å². The number of rotatable bonds is 5. The van der Waals surface area contributed by atoms with Gasteiger partial charge in [0.1, 0.15) is 11.4 Å². The van der Waals surface area contributed by atoms with Crippen LogP contribution < -0.4 is 10.1 Å². The number of nitrogens with zero attached hydrogens (tertiary/aromatic N) is 1. The van der Waals surface area contributed by atoms with E-state index in [0.29, 0.717) is 11.4 Å². The molecule has 0 radical (unpaired) electrons.